The number of hydrogen-bond donors (Lipinski definition) is 1. The van der Waals surface area contributed by atoms with Crippen molar-refractivity contribution in [3.05, 3.63) is 11.9 Å². The summed E-state index contributed by atoms with van der Waals surface area (Å²) in [6.45, 7) is 0.240. The summed E-state index contributed by atoms with van der Waals surface area (Å²) in [6.07, 6.45) is 2.20. The molecule has 2 heterocycles. The van der Waals surface area contributed by atoms with Crippen molar-refractivity contribution in [3.63, 3.8) is 0 Å². The molecule has 1 aromatic heterocycles. The summed E-state index contributed by atoms with van der Waals surface area (Å²) in [5, 5.41) is 15.5. The number of rotatable bonds is 3. The van der Waals surface area contributed by atoms with Crippen LogP contribution in [0.2, 0.25) is 0 Å². The van der Waals surface area contributed by atoms with Gasteiger partial charge < -0.3 is 5.11 Å². The third kappa shape index (κ3) is 2.30. The van der Waals surface area contributed by atoms with Crippen molar-refractivity contribution in [1.82, 2.24) is 19.9 Å². The summed E-state index contributed by atoms with van der Waals surface area (Å²) in [5.74, 6) is -1.80. The third-order valence-electron chi connectivity index (χ3n) is 2.43. The first kappa shape index (κ1) is 11.2. The van der Waals surface area contributed by atoms with Crippen LogP contribution in [0, 0.1) is 0 Å². The molecule has 1 saturated heterocycles. The van der Waals surface area contributed by atoms with Gasteiger partial charge in [0.15, 0.2) is 5.69 Å². The molecule has 0 radical (unpaired) electrons. The van der Waals surface area contributed by atoms with Gasteiger partial charge in [-0.3, -0.25) is 14.5 Å². The Morgan fingerprint density at radius 1 is 1.47 bits per heavy atom. The number of carbonyl (C=O) groups excluding carboxylic acids is 2. The van der Waals surface area contributed by atoms with E-state index in [1.54, 1.807) is 0 Å². The fourth-order valence-corrected chi connectivity index (χ4v) is 1.61. The van der Waals surface area contributed by atoms with Crippen LogP contribution in [0.25, 0.3) is 0 Å². The van der Waals surface area contributed by atoms with Crippen molar-refractivity contribution in [3.8, 4) is 0 Å². The van der Waals surface area contributed by atoms with Gasteiger partial charge in [-0.15, -0.1) is 5.10 Å². The largest absolute Gasteiger partial charge is 0.476 e. The molecule has 0 atom stereocenters. The first-order valence-corrected chi connectivity index (χ1v) is 5.04. The topological polar surface area (TPSA) is 105 Å². The molecule has 0 aromatic carbocycles. The maximum atomic E-state index is 11.7. The Balaban J connectivity index is 2.02. The van der Waals surface area contributed by atoms with Crippen molar-refractivity contribution >= 4 is 17.8 Å². The van der Waals surface area contributed by atoms with Crippen LogP contribution in [0.15, 0.2) is 6.20 Å². The highest BCUT2D eigenvalue weighted by molar-refractivity contribution is 5.96. The number of carboxylic acid groups (broad SMARTS) is 1. The van der Waals surface area contributed by atoms with E-state index in [9.17, 15) is 14.4 Å². The minimum absolute atomic E-state index is 0.175. The molecule has 90 valence electrons. The van der Waals surface area contributed by atoms with Crippen LogP contribution in [-0.4, -0.2) is 49.3 Å². The number of aromatic carboxylic acids is 1. The van der Waals surface area contributed by atoms with E-state index in [4.69, 9.17) is 5.11 Å². The van der Waals surface area contributed by atoms with Crippen LogP contribution in [0.4, 0.5) is 0 Å². The molecule has 0 unspecified atom stereocenters. The molecule has 0 bridgehead atoms. The standard InChI is InChI=1S/C9H10N4O4/c14-7-2-1-3-13(7)8(15)5-12-4-6(9(16)17)10-11-12/h4H,1-3,5H2,(H,16,17). The molecule has 1 aliphatic rings. The number of amides is 2. The van der Waals surface area contributed by atoms with Gasteiger partial charge in [-0.1, -0.05) is 5.21 Å². The van der Waals surface area contributed by atoms with Gasteiger partial charge in [0.1, 0.15) is 6.54 Å². The molecular weight excluding hydrogens is 228 g/mol. The van der Waals surface area contributed by atoms with Crippen molar-refractivity contribution < 1.29 is 19.5 Å². The highest BCUT2D eigenvalue weighted by atomic mass is 16.4. The fraction of sp³-hybridized carbons (Fsp3) is 0.444. The summed E-state index contributed by atoms with van der Waals surface area (Å²) in [4.78, 5) is 34.7. The lowest BCUT2D eigenvalue weighted by Gasteiger charge is -2.12. The Bertz CT molecular complexity index is 481. The average molecular weight is 238 g/mol. The Labute approximate surface area is 95.8 Å². The lowest BCUT2D eigenvalue weighted by atomic mass is 10.4. The van der Waals surface area contributed by atoms with Crippen LogP contribution in [0.5, 0.6) is 0 Å². The Morgan fingerprint density at radius 3 is 2.76 bits per heavy atom. The fourth-order valence-electron chi connectivity index (χ4n) is 1.61. The maximum Gasteiger partial charge on any atom is 0.358 e. The second kappa shape index (κ2) is 4.32. The third-order valence-corrected chi connectivity index (χ3v) is 2.43. The summed E-state index contributed by atoms with van der Waals surface area (Å²) in [7, 11) is 0. The molecule has 1 fully saturated rings. The van der Waals surface area contributed by atoms with Gasteiger partial charge in [-0.05, 0) is 6.42 Å². The zero-order valence-corrected chi connectivity index (χ0v) is 8.87. The van der Waals surface area contributed by atoms with Gasteiger partial charge in [0.2, 0.25) is 5.91 Å². The lowest BCUT2D eigenvalue weighted by molar-refractivity contribution is -0.142. The minimum Gasteiger partial charge on any atom is -0.476 e. The van der Waals surface area contributed by atoms with Crippen molar-refractivity contribution in [2.75, 3.05) is 6.54 Å². The Kier molecular flexibility index (Phi) is 2.86. The molecular formula is C9H10N4O4. The predicted octanol–water partition coefficient (Wildman–Crippen LogP) is -0.875. The van der Waals surface area contributed by atoms with E-state index in [0.29, 0.717) is 19.4 Å². The molecule has 2 amide bonds. The van der Waals surface area contributed by atoms with E-state index in [1.165, 1.54) is 0 Å². The molecule has 1 aromatic rings. The zero-order chi connectivity index (χ0) is 12.4. The summed E-state index contributed by atoms with van der Waals surface area (Å²) < 4.78 is 1.11. The zero-order valence-electron chi connectivity index (χ0n) is 8.87. The monoisotopic (exact) mass is 238 g/mol. The molecule has 0 aliphatic carbocycles. The Morgan fingerprint density at radius 2 is 2.24 bits per heavy atom. The second-order valence-corrected chi connectivity index (χ2v) is 3.65. The van der Waals surface area contributed by atoms with Gasteiger partial charge in [0.25, 0.3) is 5.91 Å². The van der Waals surface area contributed by atoms with Crippen LogP contribution < -0.4 is 0 Å². The number of aromatic nitrogens is 3. The number of carbonyl (C=O) groups is 3. The number of likely N-dealkylation sites (tertiary alicyclic amines) is 1. The van der Waals surface area contributed by atoms with Crippen LogP contribution >= 0.6 is 0 Å². The quantitative estimate of drug-likeness (QED) is 0.733. The molecule has 2 rings (SSSR count). The van der Waals surface area contributed by atoms with Crippen molar-refractivity contribution in [2.24, 2.45) is 0 Å². The summed E-state index contributed by atoms with van der Waals surface area (Å²) >= 11 is 0. The molecule has 17 heavy (non-hydrogen) atoms. The van der Waals surface area contributed by atoms with E-state index < -0.39 is 11.9 Å². The first-order valence-electron chi connectivity index (χ1n) is 5.04. The number of carboxylic acids is 1. The summed E-state index contributed by atoms with van der Waals surface area (Å²) in [6, 6.07) is 0. The van der Waals surface area contributed by atoms with Gasteiger partial charge in [0.05, 0.1) is 6.20 Å². The van der Waals surface area contributed by atoms with E-state index in [1.807, 2.05) is 0 Å². The van der Waals surface area contributed by atoms with Crippen molar-refractivity contribution in [2.45, 2.75) is 19.4 Å². The summed E-state index contributed by atoms with van der Waals surface area (Å²) in [5.41, 5.74) is -0.231. The normalized spacial score (nSPS) is 15.3. The van der Waals surface area contributed by atoms with Crippen LogP contribution in [-0.2, 0) is 16.1 Å². The molecule has 8 nitrogen and oxygen atoms in total. The van der Waals surface area contributed by atoms with E-state index >= 15 is 0 Å². The smallest absolute Gasteiger partial charge is 0.358 e. The van der Waals surface area contributed by atoms with Gasteiger partial charge in [-0.25, -0.2) is 9.48 Å². The molecule has 0 saturated carbocycles. The highest BCUT2D eigenvalue weighted by Crippen LogP contribution is 2.10. The van der Waals surface area contributed by atoms with Crippen LogP contribution in [0.3, 0.4) is 0 Å². The van der Waals surface area contributed by atoms with Gasteiger partial charge in [-0.2, -0.15) is 0 Å². The minimum atomic E-state index is -1.21. The number of nitrogens with zero attached hydrogens (tertiary/aromatic N) is 4. The van der Waals surface area contributed by atoms with E-state index in [2.05, 4.69) is 10.3 Å². The van der Waals surface area contributed by atoms with Crippen molar-refractivity contribution in [1.29, 1.82) is 0 Å². The average Bonchev–Trinajstić information content (AvgIpc) is 2.86. The SMILES string of the molecule is O=C(O)c1cn(CC(=O)N2CCCC2=O)nn1. The van der Waals surface area contributed by atoms with Gasteiger partial charge >= 0.3 is 5.97 Å². The second-order valence-electron chi connectivity index (χ2n) is 3.65. The number of hydrogen-bond acceptors (Lipinski definition) is 5. The molecule has 0 spiro atoms. The van der Waals surface area contributed by atoms with Gasteiger partial charge in [0, 0.05) is 13.0 Å². The maximum absolute atomic E-state index is 11.7. The molecule has 1 N–H and O–H groups in total. The number of imide groups is 1. The highest BCUT2D eigenvalue weighted by Gasteiger charge is 2.26. The predicted molar refractivity (Wildman–Crippen MR) is 52.9 cm³/mol. The van der Waals surface area contributed by atoms with E-state index in [-0.39, 0.29) is 18.1 Å². The lowest BCUT2D eigenvalue weighted by Crippen LogP contribution is -2.34. The first-order chi connectivity index (χ1) is 8.08. The molecule has 8 heteroatoms. The Hall–Kier alpha value is -2.25. The van der Waals surface area contributed by atoms with Crippen LogP contribution in [0.1, 0.15) is 23.3 Å². The molecule has 1 aliphatic heterocycles. The van der Waals surface area contributed by atoms with E-state index in [0.717, 1.165) is 15.8 Å².